The van der Waals surface area contributed by atoms with E-state index in [2.05, 4.69) is 89.0 Å². The average Bonchev–Trinajstić information content (AvgIpc) is 3.26. The lowest BCUT2D eigenvalue weighted by atomic mass is 10.1. The highest BCUT2D eigenvalue weighted by Gasteiger charge is 2.47. The molecule has 0 aliphatic carbocycles. The smallest absolute Gasteiger partial charge is 0.251 e. The van der Waals surface area contributed by atoms with E-state index in [0.717, 1.165) is 12.7 Å². The van der Waals surface area contributed by atoms with Crippen molar-refractivity contribution in [3.05, 3.63) is 42.5 Å². The maximum Gasteiger partial charge on any atom is 0.251 e. The van der Waals surface area contributed by atoms with Crippen molar-refractivity contribution < 1.29 is 19.7 Å². The fraction of sp³-hybridized carbons (Fsp3) is 0.333. The van der Waals surface area contributed by atoms with Crippen LogP contribution in [-0.2, 0) is 16.1 Å². The van der Waals surface area contributed by atoms with Gasteiger partial charge in [0.25, 0.3) is 5.91 Å². The van der Waals surface area contributed by atoms with Gasteiger partial charge >= 0.3 is 0 Å². The van der Waals surface area contributed by atoms with E-state index in [4.69, 9.17) is 16.3 Å². The molecule has 1 amide bonds. The molecule has 3 heterocycles. The van der Waals surface area contributed by atoms with Gasteiger partial charge in [-0.3, -0.25) is 9.36 Å². The van der Waals surface area contributed by atoms with E-state index in [1.165, 1.54) is 17.9 Å². The molecule has 4 N–H and O–H groups in total. The molecule has 2 aromatic heterocycles. The van der Waals surface area contributed by atoms with Crippen LogP contribution in [0.3, 0.4) is 0 Å². The van der Waals surface area contributed by atoms with E-state index in [0.29, 0.717) is 23.5 Å². The van der Waals surface area contributed by atoms with E-state index in [-0.39, 0.29) is 5.28 Å². The van der Waals surface area contributed by atoms with Gasteiger partial charge in [-0.2, -0.15) is 9.97 Å². The lowest BCUT2D eigenvalue weighted by molar-refractivity contribution is -0.137. The number of aliphatic hydroxyl groups excluding tert-OH is 2. The molecule has 1 aliphatic rings. The summed E-state index contributed by atoms with van der Waals surface area (Å²) in [5.41, 5.74) is 1.77. The van der Waals surface area contributed by atoms with Gasteiger partial charge < -0.3 is 25.6 Å². The van der Waals surface area contributed by atoms with Crippen molar-refractivity contribution in [2.75, 3.05) is 12.4 Å². The van der Waals surface area contributed by atoms with Gasteiger partial charge in [0.15, 0.2) is 29.3 Å². The first-order chi connectivity index (χ1) is 14.8. The summed E-state index contributed by atoms with van der Waals surface area (Å²) in [6.45, 7) is 0.488. The largest absolute Gasteiger partial charge is 0.387 e. The van der Waals surface area contributed by atoms with E-state index >= 15 is 0 Å². The topological polar surface area (TPSA) is 134 Å². The minimum absolute atomic E-state index is 0.0233. The van der Waals surface area contributed by atoms with Crippen LogP contribution >= 0.6 is 56.8 Å². The van der Waals surface area contributed by atoms with Gasteiger partial charge in [0.2, 0.25) is 5.28 Å². The molecule has 1 fully saturated rings. The number of aliphatic hydroxyl groups is 2. The molecule has 1 aromatic carbocycles. The molecule has 0 bridgehead atoms. The Labute approximate surface area is 209 Å². The number of amides is 1. The zero-order chi connectivity index (χ0) is 22.3. The van der Waals surface area contributed by atoms with Crippen molar-refractivity contribution in [2.45, 2.75) is 31.1 Å². The molecule has 4 rings (SSSR count). The van der Waals surface area contributed by atoms with Gasteiger partial charge in [-0.1, -0.05) is 0 Å². The van der Waals surface area contributed by atoms with Crippen molar-refractivity contribution >= 4 is 79.7 Å². The molecule has 0 radical (unpaired) electrons. The predicted molar refractivity (Wildman–Crippen MR) is 130 cm³/mol. The maximum absolute atomic E-state index is 11.9. The molecule has 31 heavy (non-hydrogen) atoms. The van der Waals surface area contributed by atoms with E-state index in [9.17, 15) is 15.0 Å². The molecule has 0 unspecified atom stereocenters. The lowest BCUT2D eigenvalue weighted by Crippen LogP contribution is -2.41. The Morgan fingerprint density at radius 1 is 1.23 bits per heavy atom. The van der Waals surface area contributed by atoms with Crippen molar-refractivity contribution in [1.29, 1.82) is 0 Å². The van der Waals surface area contributed by atoms with Gasteiger partial charge in [-0.15, -0.1) is 0 Å². The van der Waals surface area contributed by atoms with Crippen LogP contribution in [0.15, 0.2) is 24.5 Å². The third-order valence-corrected chi connectivity index (χ3v) is 6.21. The van der Waals surface area contributed by atoms with Crippen LogP contribution in [0.5, 0.6) is 0 Å². The molecule has 4 atom stereocenters. The highest BCUT2D eigenvalue weighted by Crippen LogP contribution is 2.33. The fourth-order valence-electron chi connectivity index (χ4n) is 3.35. The molecular formula is C18H17ClI2N6O4. The lowest BCUT2D eigenvalue weighted by Gasteiger charge is -2.16. The summed E-state index contributed by atoms with van der Waals surface area (Å²) in [4.78, 5) is 24.7. The zero-order valence-corrected chi connectivity index (χ0v) is 21.0. The number of nitrogens with one attached hydrogen (secondary N) is 2. The van der Waals surface area contributed by atoms with Crippen molar-refractivity contribution in [2.24, 2.45) is 0 Å². The number of likely N-dealkylation sites (N-methyl/N-ethyl adjacent to an activating group) is 1. The molecule has 0 saturated carbocycles. The first kappa shape index (κ1) is 22.8. The third kappa shape index (κ3) is 4.59. The zero-order valence-electron chi connectivity index (χ0n) is 16.0. The summed E-state index contributed by atoms with van der Waals surface area (Å²) >= 11 is 10.7. The van der Waals surface area contributed by atoms with Gasteiger partial charge in [0.1, 0.15) is 12.2 Å². The van der Waals surface area contributed by atoms with Crippen molar-refractivity contribution in [1.82, 2.24) is 24.8 Å². The molecule has 164 valence electrons. The summed E-state index contributed by atoms with van der Waals surface area (Å²) in [5, 5.41) is 26.3. The number of anilines is 1. The van der Waals surface area contributed by atoms with E-state index in [1.54, 1.807) is 0 Å². The standard InChI is InChI=1S/C18H17ClI2N6O4/c1-22-16(30)13-11(28)12(29)17(31-13)27-6-24-10-14(25-18(19)26-15(10)27)23-5-7-2-8(20)4-9(21)3-7/h2-4,6,11-13,17,28-29H,5H2,1H3,(H,22,30)(H,23,25,26)/t11-,12+,13-,17+/m0/s1. The third-order valence-electron chi connectivity index (χ3n) is 4.79. The van der Waals surface area contributed by atoms with Crippen LogP contribution in [0.2, 0.25) is 5.28 Å². The maximum atomic E-state index is 11.9. The van der Waals surface area contributed by atoms with Crippen molar-refractivity contribution in [3.63, 3.8) is 0 Å². The van der Waals surface area contributed by atoms with E-state index < -0.39 is 30.4 Å². The Kier molecular flexibility index (Phi) is 6.83. The predicted octanol–water partition coefficient (Wildman–Crippen LogP) is 1.67. The number of carbonyl (C=O) groups is 1. The number of ether oxygens (including phenoxy) is 1. The second-order valence-electron chi connectivity index (χ2n) is 6.84. The Balaban J connectivity index is 1.64. The van der Waals surface area contributed by atoms with Gasteiger partial charge in [-0.05, 0) is 80.5 Å². The molecule has 1 aliphatic heterocycles. The first-order valence-corrected chi connectivity index (χ1v) is 11.6. The number of benzene rings is 1. The van der Waals surface area contributed by atoms with Crippen LogP contribution in [-0.4, -0.2) is 61.0 Å². The first-order valence-electron chi connectivity index (χ1n) is 9.10. The molecule has 1 saturated heterocycles. The molecule has 3 aromatic rings. The van der Waals surface area contributed by atoms with Crippen LogP contribution in [0, 0.1) is 7.14 Å². The number of nitrogens with zero attached hydrogens (tertiary/aromatic N) is 4. The number of hydrogen-bond acceptors (Lipinski definition) is 8. The summed E-state index contributed by atoms with van der Waals surface area (Å²) in [7, 11) is 1.42. The number of carbonyl (C=O) groups excluding carboxylic acids is 1. The Hall–Kier alpha value is -1.33. The Morgan fingerprint density at radius 2 is 1.94 bits per heavy atom. The second-order valence-corrected chi connectivity index (χ2v) is 9.67. The van der Waals surface area contributed by atoms with Crippen LogP contribution in [0.4, 0.5) is 5.82 Å². The number of hydrogen-bond donors (Lipinski definition) is 4. The van der Waals surface area contributed by atoms with Crippen molar-refractivity contribution in [3.8, 4) is 0 Å². The average molecular weight is 671 g/mol. The normalized spacial score (nSPS) is 23.3. The van der Waals surface area contributed by atoms with Gasteiger partial charge in [0.05, 0.1) is 6.33 Å². The summed E-state index contributed by atoms with van der Waals surface area (Å²) in [6.07, 6.45) is -3.65. The van der Waals surface area contributed by atoms with Crippen LogP contribution in [0.1, 0.15) is 11.8 Å². The molecular weight excluding hydrogens is 653 g/mol. The minimum Gasteiger partial charge on any atom is -0.387 e. The number of rotatable bonds is 5. The summed E-state index contributed by atoms with van der Waals surface area (Å²) < 4.78 is 9.28. The van der Waals surface area contributed by atoms with E-state index in [1.807, 2.05) is 0 Å². The number of aromatic nitrogens is 4. The monoisotopic (exact) mass is 670 g/mol. The van der Waals surface area contributed by atoms with Crippen LogP contribution < -0.4 is 10.6 Å². The quantitative estimate of drug-likeness (QED) is 0.238. The van der Waals surface area contributed by atoms with Gasteiger partial charge in [-0.25, -0.2) is 4.98 Å². The highest BCUT2D eigenvalue weighted by atomic mass is 127. The number of imidazole rings is 1. The Morgan fingerprint density at radius 3 is 2.61 bits per heavy atom. The summed E-state index contributed by atoms with van der Waals surface area (Å²) in [6, 6.07) is 6.17. The van der Waals surface area contributed by atoms with Crippen LogP contribution in [0.25, 0.3) is 11.2 Å². The Bertz CT molecular complexity index is 1130. The molecule has 0 spiro atoms. The highest BCUT2D eigenvalue weighted by molar-refractivity contribution is 14.1. The number of halogens is 3. The summed E-state index contributed by atoms with van der Waals surface area (Å²) in [5.74, 6) is -0.126. The minimum atomic E-state index is -1.40. The molecule has 10 nitrogen and oxygen atoms in total. The molecule has 13 heteroatoms. The number of fused-ring (bicyclic) bond motifs is 1. The SMILES string of the molecule is CNC(=O)[C@H]1O[C@@H](n2cnc3c(NCc4cc(I)cc(I)c4)nc(Cl)nc32)[C@H](O)[C@@H]1O. The van der Waals surface area contributed by atoms with Gasteiger partial charge in [0, 0.05) is 20.7 Å². The fourth-order valence-corrected chi connectivity index (χ4v) is 5.58. The second kappa shape index (κ2) is 9.27.